The van der Waals surface area contributed by atoms with Gasteiger partial charge in [0.25, 0.3) is 0 Å². The Labute approximate surface area is 529 Å². The Kier molecular flexibility index (Phi) is 10.2. The molecule has 0 aliphatic rings. The quantitative estimate of drug-likeness (QED) is 0.122. The number of benzene rings is 21. The van der Waals surface area contributed by atoms with Crippen molar-refractivity contribution in [1.82, 2.24) is 0 Å². The molecule has 0 aromatic heterocycles. The van der Waals surface area contributed by atoms with E-state index in [2.05, 4.69) is 315 Å². The van der Waals surface area contributed by atoms with Crippen molar-refractivity contribution in [3.8, 4) is 44.5 Å². The Hall–Kier alpha value is -12.0. The summed E-state index contributed by atoms with van der Waals surface area (Å²) in [6.45, 7) is 0. The molecule has 0 heterocycles. The molecule has 0 spiro atoms. The maximum Gasteiger partial charge on any atom is -0.00255 e. The zero-order valence-electron chi connectivity index (χ0n) is 50.0. The molecule has 0 aliphatic carbocycles. The standard InChI is InChI=1S/C92H52/c1-5-21-63-53(17-1)33-37-75-67-25-9-13-29-71(67)79(49-83(63)75)57-41-61-42-58(80-50-84-64-22-6-2-18-54(64)34-38-76(84)68-26-10-14-30-72(68)80)47-89-90-48-60(82-52-86-66-24-8-4-20-56(66)36-40-78(86)70-28-12-16-32-74(70)82)44-62-43-59(46-88(92(62)90)87(45-57)91(61)89)81-51-85-65-23-7-3-19-55(65)35-39-77(85)69-27-11-15-31-73(69)81/h1-52H. The average Bonchev–Trinajstić information content (AvgIpc) is 0.703. The first-order chi connectivity index (χ1) is 45.6. The van der Waals surface area contributed by atoms with E-state index in [0.29, 0.717) is 0 Å². The maximum atomic E-state index is 2.56. The van der Waals surface area contributed by atoms with Gasteiger partial charge >= 0.3 is 0 Å². The molecule has 21 aromatic carbocycles. The van der Waals surface area contributed by atoms with Crippen molar-refractivity contribution in [2.45, 2.75) is 0 Å². The molecule has 0 radical (unpaired) electrons. The van der Waals surface area contributed by atoms with E-state index >= 15 is 0 Å². The van der Waals surface area contributed by atoms with Crippen molar-refractivity contribution in [2.75, 3.05) is 0 Å². The van der Waals surface area contributed by atoms with Crippen LogP contribution >= 0.6 is 0 Å². The van der Waals surface area contributed by atoms with Crippen molar-refractivity contribution < 1.29 is 0 Å². The second-order valence-corrected chi connectivity index (χ2v) is 25.7. The Bertz CT molecular complexity index is 6040. The van der Waals surface area contributed by atoms with Crippen LogP contribution in [0.4, 0.5) is 0 Å². The monoisotopic (exact) mass is 1160 g/mol. The maximum absolute atomic E-state index is 2.56. The van der Waals surface area contributed by atoms with Gasteiger partial charge in [-0.1, -0.05) is 243 Å². The third-order valence-corrected chi connectivity index (χ3v) is 21.0. The van der Waals surface area contributed by atoms with Crippen LogP contribution < -0.4 is 0 Å². The van der Waals surface area contributed by atoms with Crippen LogP contribution in [0, 0.1) is 0 Å². The number of hydrogen-bond acceptors (Lipinski definition) is 0. The van der Waals surface area contributed by atoms with Gasteiger partial charge in [0, 0.05) is 0 Å². The Morgan fingerprint density at radius 2 is 0.304 bits per heavy atom. The fourth-order valence-corrected chi connectivity index (χ4v) is 16.9. The summed E-state index contributed by atoms with van der Waals surface area (Å²) >= 11 is 0. The Morgan fingerprint density at radius 3 is 0.543 bits per heavy atom. The minimum absolute atomic E-state index is 1.20. The summed E-state index contributed by atoms with van der Waals surface area (Å²) in [5.74, 6) is 0. The smallest absolute Gasteiger partial charge is 0.00255 e. The van der Waals surface area contributed by atoms with E-state index in [4.69, 9.17) is 0 Å². The van der Waals surface area contributed by atoms with Gasteiger partial charge in [0.1, 0.15) is 0 Å². The minimum Gasteiger partial charge on any atom is -0.0616 e. The van der Waals surface area contributed by atoms with Gasteiger partial charge < -0.3 is 0 Å². The lowest BCUT2D eigenvalue weighted by Crippen LogP contribution is -1.94. The summed E-state index contributed by atoms with van der Waals surface area (Å²) in [6, 6.07) is 121. The highest BCUT2D eigenvalue weighted by atomic mass is 14.3. The second kappa shape index (κ2) is 18.8. The molecule has 0 saturated carbocycles. The molecule has 21 aromatic rings. The molecule has 21 rings (SSSR count). The van der Waals surface area contributed by atoms with E-state index < -0.39 is 0 Å². The molecular weight excluding hydrogens is 1110 g/mol. The van der Waals surface area contributed by atoms with Gasteiger partial charge in [0.2, 0.25) is 0 Å². The molecule has 0 unspecified atom stereocenters. The fourth-order valence-electron chi connectivity index (χ4n) is 16.9. The zero-order chi connectivity index (χ0) is 59.9. The van der Waals surface area contributed by atoms with Crippen LogP contribution in [0.5, 0.6) is 0 Å². The Balaban J connectivity index is 0.957. The van der Waals surface area contributed by atoms with Gasteiger partial charge in [0.15, 0.2) is 0 Å². The molecule has 0 amide bonds. The van der Waals surface area contributed by atoms with Crippen LogP contribution in [-0.4, -0.2) is 0 Å². The van der Waals surface area contributed by atoms with Crippen LogP contribution in [0.2, 0.25) is 0 Å². The Morgan fingerprint density at radius 1 is 0.109 bits per heavy atom. The van der Waals surface area contributed by atoms with Gasteiger partial charge in [-0.15, -0.1) is 0 Å². The largest absolute Gasteiger partial charge is 0.0616 e. The van der Waals surface area contributed by atoms with Crippen molar-refractivity contribution >= 4 is 172 Å². The van der Waals surface area contributed by atoms with Crippen LogP contribution in [0.1, 0.15) is 0 Å². The zero-order valence-corrected chi connectivity index (χ0v) is 50.0. The normalized spacial score (nSPS) is 12.3. The van der Waals surface area contributed by atoms with Gasteiger partial charge in [-0.2, -0.15) is 0 Å². The number of hydrogen-bond donors (Lipinski definition) is 0. The first-order valence-electron chi connectivity index (χ1n) is 32.2. The molecule has 420 valence electrons. The molecule has 0 N–H and O–H groups in total. The topological polar surface area (TPSA) is 0 Å². The van der Waals surface area contributed by atoms with Crippen molar-refractivity contribution in [3.05, 3.63) is 315 Å². The minimum atomic E-state index is 1.20. The molecule has 92 heavy (non-hydrogen) atoms. The summed E-state index contributed by atoms with van der Waals surface area (Å²) in [5.41, 5.74) is 9.73. The summed E-state index contributed by atoms with van der Waals surface area (Å²) in [5, 5.41) is 40.2. The SMILES string of the molecule is c1ccc2c(c1)ccc1c3ccccc3c(-c3cc4cc(-c5cc6c7ccccc7ccc6c6ccccc56)cc5c6cc(-c7cc8c9ccccc9ccc8c8ccccc78)cc7cc(-c8cc9c%10ccccc%10ccc9c9ccccc89)cc(c(c3)c45)c76)cc21. The average molecular weight is 1160 g/mol. The third-order valence-electron chi connectivity index (χ3n) is 21.0. The molecule has 0 atom stereocenters. The van der Waals surface area contributed by atoms with E-state index in [-0.39, 0.29) is 0 Å². The predicted octanol–water partition coefficient (Wildman–Crippen LogP) is 26.2. The van der Waals surface area contributed by atoms with Gasteiger partial charge in [-0.3, -0.25) is 0 Å². The molecule has 0 heteroatoms. The molecular formula is C92H52. The van der Waals surface area contributed by atoms with Crippen LogP contribution in [0.25, 0.3) is 217 Å². The summed E-state index contributed by atoms with van der Waals surface area (Å²) in [6.07, 6.45) is 0. The van der Waals surface area contributed by atoms with Gasteiger partial charge in [0.05, 0.1) is 0 Å². The highest BCUT2D eigenvalue weighted by Crippen LogP contribution is 2.51. The van der Waals surface area contributed by atoms with E-state index in [0.717, 1.165) is 0 Å². The highest BCUT2D eigenvalue weighted by Gasteiger charge is 2.24. The van der Waals surface area contributed by atoms with Gasteiger partial charge in [-0.25, -0.2) is 0 Å². The van der Waals surface area contributed by atoms with Crippen LogP contribution in [0.15, 0.2) is 315 Å². The predicted molar refractivity (Wildman–Crippen MR) is 399 cm³/mol. The third kappa shape index (κ3) is 7.07. The summed E-state index contributed by atoms with van der Waals surface area (Å²) < 4.78 is 0. The lowest BCUT2D eigenvalue weighted by Gasteiger charge is -2.22. The summed E-state index contributed by atoms with van der Waals surface area (Å²) in [7, 11) is 0. The first kappa shape index (κ1) is 50.0. The van der Waals surface area contributed by atoms with E-state index in [1.54, 1.807) is 0 Å². The van der Waals surface area contributed by atoms with E-state index in [9.17, 15) is 0 Å². The first-order valence-corrected chi connectivity index (χ1v) is 32.2. The van der Waals surface area contributed by atoms with E-state index in [1.807, 2.05) is 0 Å². The molecule has 0 fully saturated rings. The fraction of sp³-hybridized carbons (Fsp3) is 0. The molecule has 0 nitrogen and oxygen atoms in total. The lowest BCUT2D eigenvalue weighted by molar-refractivity contribution is 1.70. The van der Waals surface area contributed by atoms with Crippen molar-refractivity contribution in [2.24, 2.45) is 0 Å². The van der Waals surface area contributed by atoms with Gasteiger partial charge in [-0.05, 0) is 290 Å². The molecule has 0 bridgehead atoms. The van der Waals surface area contributed by atoms with E-state index in [1.165, 1.54) is 217 Å². The molecule has 0 aliphatic heterocycles. The van der Waals surface area contributed by atoms with Crippen molar-refractivity contribution in [1.29, 1.82) is 0 Å². The lowest BCUT2D eigenvalue weighted by atomic mass is 9.81. The van der Waals surface area contributed by atoms with Crippen LogP contribution in [0.3, 0.4) is 0 Å². The highest BCUT2D eigenvalue weighted by molar-refractivity contribution is 6.37. The van der Waals surface area contributed by atoms with Crippen molar-refractivity contribution in [3.63, 3.8) is 0 Å². The van der Waals surface area contributed by atoms with Crippen LogP contribution in [-0.2, 0) is 0 Å². The molecule has 0 saturated heterocycles. The number of fused-ring (bicyclic) bond motifs is 22. The number of rotatable bonds is 4. The second-order valence-electron chi connectivity index (χ2n) is 25.7. The summed E-state index contributed by atoms with van der Waals surface area (Å²) in [4.78, 5) is 0.